The maximum absolute atomic E-state index is 12.8. The molecule has 23 heavy (non-hydrogen) atoms. The molecule has 1 amide bonds. The third kappa shape index (κ3) is 3.92. The van der Waals surface area contributed by atoms with Crippen LogP contribution in [0, 0.1) is 32.1 Å². The first-order valence-electron chi connectivity index (χ1n) is 7.65. The van der Waals surface area contributed by atoms with E-state index in [1.54, 1.807) is 19.1 Å². The molecule has 1 aliphatic heterocycles. The molecule has 0 radical (unpaired) electrons. The van der Waals surface area contributed by atoms with Crippen molar-refractivity contribution >= 4 is 15.9 Å². The van der Waals surface area contributed by atoms with Crippen LogP contribution < -0.4 is 5.32 Å². The molecule has 0 unspecified atom stereocenters. The monoisotopic (exact) mass is 334 g/mol. The number of piperidine rings is 1. The van der Waals surface area contributed by atoms with Crippen molar-refractivity contribution < 1.29 is 13.2 Å². The van der Waals surface area contributed by atoms with Gasteiger partial charge >= 0.3 is 0 Å². The van der Waals surface area contributed by atoms with Crippen LogP contribution >= 0.6 is 0 Å². The molecule has 0 saturated carbocycles. The number of hydrogen-bond acceptors (Lipinski definition) is 3. The highest BCUT2D eigenvalue weighted by molar-refractivity contribution is 7.89. The number of rotatable bonds is 4. The van der Waals surface area contributed by atoms with Crippen LogP contribution in [0.15, 0.2) is 23.1 Å². The first-order valence-corrected chi connectivity index (χ1v) is 9.09. The fourth-order valence-corrected chi connectivity index (χ4v) is 4.54. The zero-order valence-corrected chi connectivity index (χ0v) is 14.3. The molecule has 1 aromatic rings. The number of sulfonamides is 1. The van der Waals surface area contributed by atoms with Crippen LogP contribution in [-0.4, -0.2) is 38.3 Å². The minimum atomic E-state index is -3.51. The Morgan fingerprint density at radius 2 is 2.00 bits per heavy atom. The van der Waals surface area contributed by atoms with Gasteiger partial charge in [0.05, 0.1) is 11.4 Å². The fourth-order valence-electron chi connectivity index (χ4n) is 2.87. The number of nitrogens with zero attached hydrogens (tertiary/aromatic N) is 1. The lowest BCUT2D eigenvalue weighted by atomic mass is 9.97. The summed E-state index contributed by atoms with van der Waals surface area (Å²) in [5.41, 5.74) is 1.78. The number of benzene rings is 1. The molecular formula is C17H22N2O3S. The van der Waals surface area contributed by atoms with E-state index in [2.05, 4.69) is 11.2 Å². The van der Waals surface area contributed by atoms with E-state index in [1.165, 1.54) is 4.31 Å². The third-order valence-corrected chi connectivity index (χ3v) is 6.20. The normalized spacial score (nSPS) is 16.7. The minimum absolute atomic E-state index is 0.0912. The summed E-state index contributed by atoms with van der Waals surface area (Å²) in [5.74, 6) is 2.10. The molecule has 0 bridgehead atoms. The van der Waals surface area contributed by atoms with E-state index in [0.717, 1.165) is 11.1 Å². The molecule has 1 aromatic carbocycles. The fraction of sp³-hybridized carbons (Fsp3) is 0.471. The van der Waals surface area contributed by atoms with E-state index in [0.29, 0.717) is 30.8 Å². The molecule has 6 heteroatoms. The van der Waals surface area contributed by atoms with Gasteiger partial charge in [-0.2, -0.15) is 4.31 Å². The van der Waals surface area contributed by atoms with Gasteiger partial charge in [-0.15, -0.1) is 6.42 Å². The Balaban J connectivity index is 2.07. The van der Waals surface area contributed by atoms with Crippen molar-refractivity contribution in [3.05, 3.63) is 29.3 Å². The Bertz CT molecular complexity index is 727. The summed E-state index contributed by atoms with van der Waals surface area (Å²) >= 11 is 0. The Morgan fingerprint density at radius 3 is 2.57 bits per heavy atom. The first kappa shape index (κ1) is 17.5. The van der Waals surface area contributed by atoms with E-state index in [-0.39, 0.29) is 18.4 Å². The van der Waals surface area contributed by atoms with Gasteiger partial charge in [0.15, 0.2) is 0 Å². The number of hydrogen-bond donors (Lipinski definition) is 1. The van der Waals surface area contributed by atoms with E-state index in [4.69, 9.17) is 6.42 Å². The second-order valence-corrected chi connectivity index (χ2v) is 7.78. The van der Waals surface area contributed by atoms with Gasteiger partial charge in [-0.05, 0) is 38.3 Å². The van der Waals surface area contributed by atoms with Crippen molar-refractivity contribution in [2.24, 2.45) is 5.92 Å². The highest BCUT2D eigenvalue weighted by Gasteiger charge is 2.32. The number of carbonyl (C=O) groups is 1. The molecule has 5 nitrogen and oxygen atoms in total. The van der Waals surface area contributed by atoms with Crippen LogP contribution in [0.1, 0.15) is 24.0 Å². The van der Waals surface area contributed by atoms with Gasteiger partial charge in [0, 0.05) is 19.0 Å². The molecule has 124 valence electrons. The summed E-state index contributed by atoms with van der Waals surface area (Å²) in [4.78, 5) is 12.2. The van der Waals surface area contributed by atoms with Crippen molar-refractivity contribution in [3.8, 4) is 12.3 Å². The molecule has 1 N–H and O–H groups in total. The predicted molar refractivity (Wildman–Crippen MR) is 89.2 cm³/mol. The second-order valence-electron chi connectivity index (χ2n) is 5.87. The van der Waals surface area contributed by atoms with Crippen molar-refractivity contribution in [3.63, 3.8) is 0 Å². The second kappa shape index (κ2) is 7.16. The smallest absolute Gasteiger partial charge is 0.243 e. The lowest BCUT2D eigenvalue weighted by molar-refractivity contribution is -0.125. The largest absolute Gasteiger partial charge is 0.345 e. The van der Waals surface area contributed by atoms with Gasteiger partial charge in [-0.3, -0.25) is 4.79 Å². The molecule has 1 saturated heterocycles. The zero-order valence-electron chi connectivity index (χ0n) is 13.5. The molecule has 0 spiro atoms. The Hall–Kier alpha value is -1.84. The number of amides is 1. The maximum Gasteiger partial charge on any atom is 0.243 e. The van der Waals surface area contributed by atoms with E-state index >= 15 is 0 Å². The van der Waals surface area contributed by atoms with Crippen molar-refractivity contribution in [2.45, 2.75) is 31.6 Å². The lowest BCUT2D eigenvalue weighted by Gasteiger charge is -2.30. The molecule has 0 aliphatic carbocycles. The van der Waals surface area contributed by atoms with Gasteiger partial charge in [0.2, 0.25) is 15.9 Å². The van der Waals surface area contributed by atoms with Gasteiger partial charge in [-0.25, -0.2) is 8.42 Å². The Morgan fingerprint density at radius 1 is 1.35 bits per heavy atom. The summed E-state index contributed by atoms with van der Waals surface area (Å²) in [6.45, 7) is 4.65. The standard InChI is InChI=1S/C17H22N2O3S/c1-4-9-18-17(20)15-7-10-19(11-8-15)23(21,22)16-6-5-13(2)12-14(16)3/h1,5-6,12,15H,7-11H2,2-3H3,(H,18,20). The molecule has 0 aromatic heterocycles. The van der Waals surface area contributed by atoms with E-state index in [9.17, 15) is 13.2 Å². The highest BCUT2D eigenvalue weighted by atomic mass is 32.2. The Labute approximate surface area is 138 Å². The molecule has 1 fully saturated rings. The summed E-state index contributed by atoms with van der Waals surface area (Å²) in [6, 6.07) is 5.33. The first-order chi connectivity index (χ1) is 10.9. The number of nitrogens with one attached hydrogen (secondary N) is 1. The number of carbonyl (C=O) groups excluding carboxylic acids is 1. The molecular weight excluding hydrogens is 312 g/mol. The number of aryl methyl sites for hydroxylation is 2. The van der Waals surface area contributed by atoms with Crippen LogP contribution in [-0.2, 0) is 14.8 Å². The van der Waals surface area contributed by atoms with Crippen LogP contribution in [0.3, 0.4) is 0 Å². The van der Waals surface area contributed by atoms with Gasteiger partial charge in [0.25, 0.3) is 0 Å². The minimum Gasteiger partial charge on any atom is -0.345 e. The summed E-state index contributed by atoms with van der Waals surface area (Å²) in [5, 5.41) is 2.66. The summed E-state index contributed by atoms with van der Waals surface area (Å²) in [7, 11) is -3.51. The van der Waals surface area contributed by atoms with Crippen molar-refractivity contribution in [1.29, 1.82) is 0 Å². The Kier molecular flexibility index (Phi) is 5.45. The highest BCUT2D eigenvalue weighted by Crippen LogP contribution is 2.26. The average molecular weight is 334 g/mol. The van der Waals surface area contributed by atoms with Gasteiger partial charge in [-0.1, -0.05) is 23.6 Å². The third-order valence-electron chi connectivity index (χ3n) is 4.14. The maximum atomic E-state index is 12.8. The predicted octanol–water partition coefficient (Wildman–Crippen LogP) is 1.45. The summed E-state index contributed by atoms with van der Waals surface area (Å²) in [6.07, 6.45) is 6.15. The van der Waals surface area contributed by atoms with Crippen molar-refractivity contribution in [2.75, 3.05) is 19.6 Å². The topological polar surface area (TPSA) is 66.5 Å². The average Bonchev–Trinajstić information content (AvgIpc) is 2.52. The quantitative estimate of drug-likeness (QED) is 0.848. The summed E-state index contributed by atoms with van der Waals surface area (Å²) < 4.78 is 27.0. The van der Waals surface area contributed by atoms with Crippen LogP contribution in [0.5, 0.6) is 0 Å². The molecule has 1 aliphatic rings. The van der Waals surface area contributed by atoms with Crippen LogP contribution in [0.4, 0.5) is 0 Å². The molecule has 1 heterocycles. The van der Waals surface area contributed by atoms with Crippen LogP contribution in [0.2, 0.25) is 0 Å². The van der Waals surface area contributed by atoms with Gasteiger partial charge in [0.1, 0.15) is 0 Å². The number of terminal acetylenes is 1. The van der Waals surface area contributed by atoms with Crippen LogP contribution in [0.25, 0.3) is 0 Å². The molecule has 0 atom stereocenters. The lowest BCUT2D eigenvalue weighted by Crippen LogP contribution is -2.43. The van der Waals surface area contributed by atoms with Gasteiger partial charge < -0.3 is 5.32 Å². The molecule has 2 rings (SSSR count). The van der Waals surface area contributed by atoms with E-state index < -0.39 is 10.0 Å². The SMILES string of the molecule is C#CCNC(=O)C1CCN(S(=O)(=O)c2ccc(C)cc2C)CC1. The van der Waals surface area contributed by atoms with E-state index in [1.807, 2.05) is 13.0 Å². The van der Waals surface area contributed by atoms with Crippen molar-refractivity contribution in [1.82, 2.24) is 9.62 Å². The zero-order chi connectivity index (χ0) is 17.0.